The number of ketones is 1. The van der Waals surface area contributed by atoms with Crippen LogP contribution in [0.5, 0.6) is 5.75 Å². The van der Waals surface area contributed by atoms with Crippen LogP contribution in [0, 0.1) is 5.41 Å². The number of nitrogens with zero attached hydrogens (tertiary/aromatic N) is 1. The molecule has 0 saturated carbocycles. The lowest BCUT2D eigenvalue weighted by atomic mass is 9.66. The Hall–Kier alpha value is -1.96. The normalized spacial score (nSPS) is 22.3. The molecule has 0 bridgehead atoms. The van der Waals surface area contributed by atoms with Crippen LogP contribution in [-0.2, 0) is 21.2 Å². The fourth-order valence-corrected chi connectivity index (χ4v) is 6.78. The summed E-state index contributed by atoms with van der Waals surface area (Å²) in [4.78, 5) is 12.3. The lowest BCUT2D eigenvalue weighted by Gasteiger charge is -2.46. The van der Waals surface area contributed by atoms with Crippen molar-refractivity contribution >= 4 is 31.7 Å². The molecule has 7 heteroatoms. The molecule has 1 saturated heterocycles. The fourth-order valence-electron chi connectivity index (χ4n) is 4.56. The van der Waals surface area contributed by atoms with E-state index in [1.807, 2.05) is 18.2 Å². The molecule has 1 aliphatic heterocycles. The van der Waals surface area contributed by atoms with E-state index < -0.39 is 10.0 Å². The molecule has 1 aliphatic carbocycles. The first-order valence-corrected chi connectivity index (χ1v) is 12.2. The zero-order valence-electron chi connectivity index (χ0n) is 16.8. The minimum absolute atomic E-state index is 0.138. The van der Waals surface area contributed by atoms with Crippen LogP contribution in [0.2, 0.25) is 0 Å². The highest BCUT2D eigenvalue weighted by Gasteiger charge is 2.45. The first-order valence-electron chi connectivity index (χ1n) is 9.96. The van der Waals surface area contributed by atoms with Crippen LogP contribution in [0.1, 0.15) is 24.8 Å². The van der Waals surface area contributed by atoms with E-state index in [9.17, 15) is 13.2 Å². The summed E-state index contributed by atoms with van der Waals surface area (Å²) in [5.41, 5.74) is 1.87. The average Bonchev–Trinajstić information content (AvgIpc) is 2.74. The van der Waals surface area contributed by atoms with Gasteiger partial charge in [0.25, 0.3) is 0 Å². The zero-order chi connectivity index (χ0) is 21.4. The second-order valence-corrected chi connectivity index (χ2v) is 10.8. The Balaban J connectivity index is 1.73. The number of carbonyl (C=O) groups excluding carboxylic acids is 1. The standard InChI is InChI=1S/C23H24BrNO4S/c1-29-21-8-7-19(24)14-22(21)30(27,28)25-12-10-18-13-20(26)9-11-23(18,16-25)15-17-5-3-2-4-6-17/h2-8,13-14H,9-12,15-16H2,1H3. The smallest absolute Gasteiger partial charge is 0.246 e. The van der Waals surface area contributed by atoms with E-state index in [0.717, 1.165) is 11.1 Å². The molecule has 1 unspecified atom stereocenters. The summed E-state index contributed by atoms with van der Waals surface area (Å²) in [6.45, 7) is 0.715. The number of rotatable bonds is 5. The van der Waals surface area contributed by atoms with Crippen LogP contribution in [0.15, 0.2) is 69.5 Å². The molecule has 0 amide bonds. The summed E-state index contributed by atoms with van der Waals surface area (Å²) in [7, 11) is -2.28. The van der Waals surface area contributed by atoms with Crippen LogP contribution >= 0.6 is 15.9 Å². The minimum atomic E-state index is -3.76. The molecule has 4 rings (SSSR count). The average molecular weight is 490 g/mol. The lowest BCUT2D eigenvalue weighted by Crippen LogP contribution is -2.49. The van der Waals surface area contributed by atoms with E-state index in [4.69, 9.17) is 4.74 Å². The molecular formula is C23H24BrNO4S. The zero-order valence-corrected chi connectivity index (χ0v) is 19.2. The highest BCUT2D eigenvalue weighted by Crippen LogP contribution is 2.46. The van der Waals surface area contributed by atoms with Crippen molar-refractivity contribution in [3.05, 3.63) is 70.2 Å². The molecule has 0 radical (unpaired) electrons. The molecule has 0 aromatic heterocycles. The first kappa shape index (κ1) is 21.3. The number of methoxy groups -OCH3 is 1. The molecule has 5 nitrogen and oxygen atoms in total. The molecule has 0 N–H and O–H groups in total. The van der Waals surface area contributed by atoms with E-state index in [1.165, 1.54) is 7.11 Å². The second-order valence-electron chi connectivity index (χ2n) is 7.96. The van der Waals surface area contributed by atoms with Gasteiger partial charge in [-0.1, -0.05) is 51.8 Å². The highest BCUT2D eigenvalue weighted by atomic mass is 79.9. The number of halogens is 1. The maximum absolute atomic E-state index is 13.6. The Morgan fingerprint density at radius 3 is 2.63 bits per heavy atom. The van der Waals surface area contributed by atoms with E-state index in [2.05, 4.69) is 28.1 Å². The van der Waals surface area contributed by atoms with Crippen molar-refractivity contribution in [1.82, 2.24) is 4.31 Å². The predicted octanol–water partition coefficient (Wildman–Crippen LogP) is 4.37. The quantitative estimate of drug-likeness (QED) is 0.625. The van der Waals surface area contributed by atoms with E-state index in [1.54, 1.807) is 28.6 Å². The van der Waals surface area contributed by atoms with Gasteiger partial charge in [-0.2, -0.15) is 4.31 Å². The molecule has 30 heavy (non-hydrogen) atoms. The Morgan fingerprint density at radius 2 is 1.90 bits per heavy atom. The number of allylic oxidation sites excluding steroid dienone is 1. The summed E-state index contributed by atoms with van der Waals surface area (Å²) in [6, 6.07) is 15.1. The summed E-state index contributed by atoms with van der Waals surface area (Å²) in [5, 5.41) is 0. The van der Waals surface area contributed by atoms with Gasteiger partial charge in [0.1, 0.15) is 10.6 Å². The third-order valence-electron chi connectivity index (χ3n) is 6.10. The van der Waals surface area contributed by atoms with Crippen molar-refractivity contribution in [1.29, 1.82) is 0 Å². The molecular weight excluding hydrogens is 466 g/mol. The van der Waals surface area contributed by atoms with Crippen molar-refractivity contribution in [3.8, 4) is 5.75 Å². The Bertz CT molecular complexity index is 1100. The number of sulfonamides is 1. The van der Waals surface area contributed by atoms with E-state index in [-0.39, 0.29) is 16.1 Å². The van der Waals surface area contributed by atoms with Gasteiger partial charge in [-0.05, 0) is 49.1 Å². The first-order chi connectivity index (χ1) is 14.3. The topological polar surface area (TPSA) is 63.7 Å². The third kappa shape index (κ3) is 3.98. The van der Waals surface area contributed by atoms with Crippen molar-refractivity contribution in [2.45, 2.75) is 30.6 Å². The number of fused-ring (bicyclic) bond motifs is 1. The Morgan fingerprint density at radius 1 is 1.13 bits per heavy atom. The maximum Gasteiger partial charge on any atom is 0.246 e. The molecule has 2 aliphatic rings. The van der Waals surface area contributed by atoms with Crippen molar-refractivity contribution in [2.24, 2.45) is 5.41 Å². The number of hydrogen-bond acceptors (Lipinski definition) is 4. The van der Waals surface area contributed by atoms with Gasteiger partial charge in [-0.3, -0.25) is 4.79 Å². The monoisotopic (exact) mass is 489 g/mol. The molecule has 2 aromatic carbocycles. The van der Waals surface area contributed by atoms with E-state index >= 15 is 0 Å². The molecule has 1 heterocycles. The predicted molar refractivity (Wildman–Crippen MR) is 119 cm³/mol. The highest BCUT2D eigenvalue weighted by molar-refractivity contribution is 9.10. The van der Waals surface area contributed by atoms with Crippen LogP contribution < -0.4 is 4.74 Å². The molecule has 158 valence electrons. The van der Waals surface area contributed by atoms with Crippen molar-refractivity contribution < 1.29 is 17.9 Å². The lowest BCUT2D eigenvalue weighted by molar-refractivity contribution is -0.116. The van der Waals surface area contributed by atoms with Gasteiger partial charge in [0, 0.05) is 29.4 Å². The molecule has 1 atom stereocenters. The largest absolute Gasteiger partial charge is 0.495 e. The summed E-state index contributed by atoms with van der Waals surface area (Å²) >= 11 is 3.37. The second kappa shape index (κ2) is 8.29. The summed E-state index contributed by atoms with van der Waals surface area (Å²) in [5.74, 6) is 0.467. The van der Waals surface area contributed by atoms with Gasteiger partial charge in [0.05, 0.1) is 7.11 Å². The summed E-state index contributed by atoms with van der Waals surface area (Å²) in [6.07, 6.45) is 4.15. The number of piperidine rings is 1. The Labute approximate surface area is 185 Å². The Kier molecular flexibility index (Phi) is 5.88. The third-order valence-corrected chi connectivity index (χ3v) is 8.46. The van der Waals surface area contributed by atoms with Gasteiger partial charge >= 0.3 is 0 Å². The van der Waals surface area contributed by atoms with E-state index in [0.29, 0.717) is 49.0 Å². The van der Waals surface area contributed by atoms with Gasteiger partial charge in [0.15, 0.2) is 5.78 Å². The van der Waals surface area contributed by atoms with Gasteiger partial charge < -0.3 is 4.74 Å². The van der Waals surface area contributed by atoms with Gasteiger partial charge in [0.2, 0.25) is 10.0 Å². The maximum atomic E-state index is 13.6. The van der Waals surface area contributed by atoms with Crippen LogP contribution in [0.3, 0.4) is 0 Å². The molecule has 2 aromatic rings. The number of carbonyl (C=O) groups is 1. The number of hydrogen-bond donors (Lipinski definition) is 0. The van der Waals surface area contributed by atoms with Gasteiger partial charge in [-0.25, -0.2) is 8.42 Å². The molecule has 1 fully saturated rings. The van der Waals surface area contributed by atoms with Crippen LogP contribution in [0.25, 0.3) is 0 Å². The van der Waals surface area contributed by atoms with Crippen LogP contribution in [0.4, 0.5) is 0 Å². The number of ether oxygens (including phenoxy) is 1. The fraction of sp³-hybridized carbons (Fsp3) is 0.348. The van der Waals surface area contributed by atoms with Gasteiger partial charge in [-0.15, -0.1) is 0 Å². The van der Waals surface area contributed by atoms with Crippen molar-refractivity contribution in [3.63, 3.8) is 0 Å². The van der Waals surface area contributed by atoms with Crippen LogP contribution in [-0.4, -0.2) is 38.7 Å². The number of benzene rings is 2. The summed E-state index contributed by atoms with van der Waals surface area (Å²) < 4.78 is 34.8. The van der Waals surface area contributed by atoms with Crippen molar-refractivity contribution in [2.75, 3.05) is 20.2 Å². The SMILES string of the molecule is COc1ccc(Br)cc1S(=O)(=O)N1CCC2=CC(=O)CCC2(Cc2ccccc2)C1. The molecule has 0 spiro atoms. The minimum Gasteiger partial charge on any atom is -0.495 e.